The third-order valence-corrected chi connectivity index (χ3v) is 4.64. The van der Waals surface area contributed by atoms with Gasteiger partial charge in [-0.15, -0.1) is 0 Å². The predicted molar refractivity (Wildman–Crippen MR) is 116 cm³/mol. The van der Waals surface area contributed by atoms with Gasteiger partial charge in [0.05, 0.1) is 0 Å². The van der Waals surface area contributed by atoms with Gasteiger partial charge in [-0.1, -0.05) is 56.0 Å². The molecule has 4 nitrogen and oxygen atoms in total. The molecule has 0 spiro atoms. The number of carbonyl (C=O) groups excluding carboxylic acids is 2. The Labute approximate surface area is 168 Å². The Morgan fingerprint density at radius 1 is 0.643 bits per heavy atom. The second-order valence-corrected chi connectivity index (χ2v) is 7.03. The van der Waals surface area contributed by atoms with Crippen LogP contribution in [0.1, 0.15) is 56.9 Å². The van der Waals surface area contributed by atoms with Gasteiger partial charge in [0.1, 0.15) is 0 Å². The quantitative estimate of drug-likeness (QED) is 0.461. The molecule has 28 heavy (non-hydrogen) atoms. The largest absolute Gasteiger partial charge is 0.326 e. The molecule has 0 saturated heterocycles. The van der Waals surface area contributed by atoms with Crippen molar-refractivity contribution in [2.75, 3.05) is 10.6 Å². The number of rotatable bonds is 12. The summed E-state index contributed by atoms with van der Waals surface area (Å²) in [6.45, 7) is 3.84. The highest BCUT2D eigenvalue weighted by atomic mass is 16.2. The number of anilines is 2. The van der Waals surface area contributed by atoms with Gasteiger partial charge in [0.15, 0.2) is 0 Å². The van der Waals surface area contributed by atoms with Crippen molar-refractivity contribution in [1.29, 1.82) is 0 Å². The summed E-state index contributed by atoms with van der Waals surface area (Å²) in [7, 11) is 0. The summed E-state index contributed by atoms with van der Waals surface area (Å²) in [5.74, 6) is 0.144. The van der Waals surface area contributed by atoms with Crippen LogP contribution in [0.2, 0.25) is 0 Å². The molecule has 0 bridgehead atoms. The van der Waals surface area contributed by atoms with Gasteiger partial charge >= 0.3 is 0 Å². The minimum atomic E-state index is 0.0694. The first-order valence-electron chi connectivity index (χ1n) is 10.2. The summed E-state index contributed by atoms with van der Waals surface area (Å²) in [6, 6.07) is 17.4. The number of carbonyl (C=O) groups is 2. The Morgan fingerprint density at radius 3 is 1.61 bits per heavy atom. The van der Waals surface area contributed by atoms with Gasteiger partial charge in [-0.2, -0.15) is 0 Å². The van der Waals surface area contributed by atoms with Crippen molar-refractivity contribution >= 4 is 23.2 Å². The number of hydrogen-bond acceptors (Lipinski definition) is 2. The van der Waals surface area contributed by atoms with Crippen LogP contribution in [0.15, 0.2) is 54.6 Å². The topological polar surface area (TPSA) is 58.2 Å². The van der Waals surface area contributed by atoms with Gasteiger partial charge in [0, 0.05) is 24.2 Å². The number of unbranched alkanes of at least 4 members (excludes halogenated alkanes) is 5. The van der Waals surface area contributed by atoms with E-state index >= 15 is 0 Å². The Hall–Kier alpha value is -2.62. The molecule has 2 N–H and O–H groups in total. The molecular weight excluding hydrogens is 348 g/mol. The molecule has 0 saturated carbocycles. The maximum Gasteiger partial charge on any atom is 0.224 e. The fraction of sp³-hybridized carbons (Fsp3) is 0.375. The molecule has 2 amide bonds. The van der Waals surface area contributed by atoms with Gasteiger partial charge in [-0.05, 0) is 56.0 Å². The summed E-state index contributed by atoms with van der Waals surface area (Å²) < 4.78 is 0. The maximum atomic E-state index is 12.0. The molecule has 0 unspecified atom stereocenters. The minimum absolute atomic E-state index is 0.0694. The number of amides is 2. The molecule has 0 heterocycles. The highest BCUT2D eigenvalue weighted by Gasteiger charge is 2.04. The molecule has 2 aromatic carbocycles. The predicted octanol–water partition coefficient (Wildman–Crippen LogP) is 5.76. The van der Waals surface area contributed by atoms with E-state index in [1.54, 1.807) is 0 Å². The normalized spacial score (nSPS) is 10.5. The summed E-state index contributed by atoms with van der Waals surface area (Å²) >= 11 is 0. The standard InChI is InChI=1S/C24H31N2O2/c1-2-20-16-18-22(19-17-20)26-24(28)15-11-6-4-3-5-10-14-23(27)25-21-12-8-7-9-13-21/h7-9,12-13,16-19H,1-6,10-11,14-15H2,(H,25,27)(H,26,28). The molecular formula is C24H31N2O2. The van der Waals surface area contributed by atoms with Crippen LogP contribution in [0.4, 0.5) is 11.4 Å². The van der Waals surface area contributed by atoms with Crippen LogP contribution in [0.5, 0.6) is 0 Å². The first-order chi connectivity index (χ1) is 13.7. The van der Waals surface area contributed by atoms with E-state index in [2.05, 4.69) is 17.6 Å². The van der Waals surface area contributed by atoms with Crippen molar-refractivity contribution in [1.82, 2.24) is 0 Å². The number of para-hydroxylation sites is 1. The Kier molecular flexibility index (Phi) is 9.84. The molecule has 4 heteroatoms. The van der Waals surface area contributed by atoms with Crippen LogP contribution in [0.3, 0.4) is 0 Å². The van der Waals surface area contributed by atoms with Crippen molar-refractivity contribution in [3.63, 3.8) is 0 Å². The second-order valence-electron chi connectivity index (χ2n) is 7.03. The SMILES string of the molecule is [CH2]Cc1ccc(NC(=O)CCCCCCCCC(=O)Nc2ccccc2)cc1. The number of hydrogen-bond donors (Lipinski definition) is 2. The lowest BCUT2D eigenvalue weighted by molar-refractivity contribution is -0.117. The third-order valence-electron chi connectivity index (χ3n) is 4.64. The van der Waals surface area contributed by atoms with Gasteiger partial charge in [0.2, 0.25) is 11.8 Å². The summed E-state index contributed by atoms with van der Waals surface area (Å²) in [6.07, 6.45) is 7.97. The Balaban J connectivity index is 1.45. The first kappa shape index (κ1) is 21.7. The molecule has 0 aliphatic rings. The van der Waals surface area contributed by atoms with Crippen molar-refractivity contribution in [2.24, 2.45) is 0 Å². The van der Waals surface area contributed by atoms with E-state index < -0.39 is 0 Å². The van der Waals surface area contributed by atoms with Crippen LogP contribution in [0, 0.1) is 6.92 Å². The van der Waals surface area contributed by atoms with E-state index in [0.717, 1.165) is 61.9 Å². The van der Waals surface area contributed by atoms with E-state index in [4.69, 9.17) is 0 Å². The smallest absolute Gasteiger partial charge is 0.224 e. The van der Waals surface area contributed by atoms with E-state index in [0.29, 0.717) is 12.8 Å². The van der Waals surface area contributed by atoms with Crippen molar-refractivity contribution in [2.45, 2.75) is 57.8 Å². The van der Waals surface area contributed by atoms with E-state index in [1.807, 2.05) is 54.6 Å². The molecule has 0 atom stereocenters. The summed E-state index contributed by atoms with van der Waals surface area (Å²) in [4.78, 5) is 23.8. The van der Waals surface area contributed by atoms with E-state index in [9.17, 15) is 9.59 Å². The van der Waals surface area contributed by atoms with E-state index in [-0.39, 0.29) is 11.8 Å². The van der Waals surface area contributed by atoms with Crippen molar-refractivity contribution in [3.05, 3.63) is 67.1 Å². The lowest BCUT2D eigenvalue weighted by Crippen LogP contribution is -2.11. The van der Waals surface area contributed by atoms with Crippen molar-refractivity contribution in [3.8, 4) is 0 Å². The van der Waals surface area contributed by atoms with Gasteiger partial charge in [-0.25, -0.2) is 0 Å². The lowest BCUT2D eigenvalue weighted by Gasteiger charge is -2.06. The average Bonchev–Trinajstić information content (AvgIpc) is 2.71. The molecule has 0 aromatic heterocycles. The van der Waals surface area contributed by atoms with Crippen LogP contribution < -0.4 is 10.6 Å². The van der Waals surface area contributed by atoms with Crippen molar-refractivity contribution < 1.29 is 9.59 Å². The Bertz CT molecular complexity index is 711. The molecule has 1 radical (unpaired) electrons. The Morgan fingerprint density at radius 2 is 1.11 bits per heavy atom. The summed E-state index contributed by atoms with van der Waals surface area (Å²) in [5, 5.41) is 5.84. The molecule has 2 aromatic rings. The van der Waals surface area contributed by atoms with Crippen LogP contribution in [-0.4, -0.2) is 11.8 Å². The second kappa shape index (κ2) is 12.7. The van der Waals surface area contributed by atoms with Crippen LogP contribution >= 0.6 is 0 Å². The molecule has 149 valence electrons. The number of benzene rings is 2. The van der Waals surface area contributed by atoms with Crippen LogP contribution in [-0.2, 0) is 16.0 Å². The highest BCUT2D eigenvalue weighted by Crippen LogP contribution is 2.13. The third kappa shape index (κ3) is 8.85. The maximum absolute atomic E-state index is 12.0. The fourth-order valence-corrected chi connectivity index (χ4v) is 3.00. The monoisotopic (exact) mass is 379 g/mol. The molecule has 0 fully saturated rings. The van der Waals surface area contributed by atoms with E-state index in [1.165, 1.54) is 0 Å². The molecule has 0 aliphatic carbocycles. The zero-order chi connectivity index (χ0) is 20.0. The molecule has 2 rings (SSSR count). The zero-order valence-corrected chi connectivity index (χ0v) is 16.6. The van der Waals surface area contributed by atoms with Gasteiger partial charge in [-0.3, -0.25) is 9.59 Å². The average molecular weight is 380 g/mol. The van der Waals surface area contributed by atoms with Gasteiger partial charge < -0.3 is 10.6 Å². The fourth-order valence-electron chi connectivity index (χ4n) is 3.00. The number of nitrogens with one attached hydrogen (secondary N) is 2. The first-order valence-corrected chi connectivity index (χ1v) is 10.2. The highest BCUT2D eigenvalue weighted by molar-refractivity contribution is 5.91. The van der Waals surface area contributed by atoms with Crippen LogP contribution in [0.25, 0.3) is 0 Å². The molecule has 0 aliphatic heterocycles. The lowest BCUT2D eigenvalue weighted by atomic mass is 10.1. The minimum Gasteiger partial charge on any atom is -0.326 e. The van der Waals surface area contributed by atoms with Gasteiger partial charge in [0.25, 0.3) is 0 Å². The zero-order valence-electron chi connectivity index (χ0n) is 16.6. The summed E-state index contributed by atoms with van der Waals surface area (Å²) in [5.41, 5.74) is 2.86.